The third kappa shape index (κ3) is 3.29. The Morgan fingerprint density at radius 2 is 2.00 bits per heavy atom. The van der Waals surface area contributed by atoms with Gasteiger partial charge in [0.05, 0.1) is 12.2 Å². The molecule has 1 N–H and O–H groups in total. The van der Waals surface area contributed by atoms with Crippen molar-refractivity contribution in [1.82, 2.24) is 10.2 Å². The number of nitrogens with one attached hydrogen (secondary N) is 1. The predicted octanol–water partition coefficient (Wildman–Crippen LogP) is 4.41. The Bertz CT molecular complexity index is 1170. The lowest BCUT2D eigenvalue weighted by Crippen LogP contribution is -2.11. The van der Waals surface area contributed by atoms with Crippen molar-refractivity contribution in [2.75, 3.05) is 11.9 Å². The number of hydrogen-bond acceptors (Lipinski definition) is 6. The van der Waals surface area contributed by atoms with Gasteiger partial charge in [-0.1, -0.05) is 17.2 Å². The fourth-order valence-corrected chi connectivity index (χ4v) is 2.62. The highest BCUT2D eigenvalue weighted by Crippen LogP contribution is 2.29. The van der Waals surface area contributed by atoms with Crippen LogP contribution in [0.3, 0.4) is 0 Å². The largest absolute Gasteiger partial charge is 0.490 e. The summed E-state index contributed by atoms with van der Waals surface area (Å²) in [6, 6.07) is 9.51. The van der Waals surface area contributed by atoms with Gasteiger partial charge < -0.3 is 13.6 Å². The van der Waals surface area contributed by atoms with Crippen LogP contribution in [0.4, 0.5) is 14.8 Å². The van der Waals surface area contributed by atoms with Gasteiger partial charge in [0.2, 0.25) is 0 Å². The molecule has 28 heavy (non-hydrogen) atoms. The van der Waals surface area contributed by atoms with Crippen LogP contribution in [-0.4, -0.2) is 22.7 Å². The van der Waals surface area contributed by atoms with Gasteiger partial charge in [-0.15, -0.1) is 5.10 Å². The Hall–Kier alpha value is -3.75. The van der Waals surface area contributed by atoms with Crippen molar-refractivity contribution >= 4 is 22.9 Å². The van der Waals surface area contributed by atoms with E-state index in [-0.39, 0.29) is 23.2 Å². The number of benzene rings is 2. The van der Waals surface area contributed by atoms with E-state index in [0.717, 1.165) is 12.1 Å². The molecule has 4 rings (SSSR count). The Morgan fingerprint density at radius 1 is 1.14 bits per heavy atom. The second kappa shape index (κ2) is 7.10. The topological polar surface area (TPSA) is 90.4 Å². The molecular weight excluding hydrogens is 372 g/mol. The van der Waals surface area contributed by atoms with Crippen LogP contribution in [-0.2, 0) is 0 Å². The SMILES string of the molecule is CCOc1cccc2cc(C(=O)Nc3nnc(-c4ccc(F)cc4F)o3)oc12. The number of furan rings is 1. The molecule has 0 aliphatic heterocycles. The zero-order chi connectivity index (χ0) is 19.7. The second-order valence-corrected chi connectivity index (χ2v) is 5.71. The van der Waals surface area contributed by atoms with E-state index in [9.17, 15) is 13.6 Å². The van der Waals surface area contributed by atoms with Crippen LogP contribution < -0.4 is 10.1 Å². The van der Waals surface area contributed by atoms with Crippen LogP contribution in [0.5, 0.6) is 5.75 Å². The average Bonchev–Trinajstić information content (AvgIpc) is 3.29. The van der Waals surface area contributed by atoms with Gasteiger partial charge in [0.1, 0.15) is 11.6 Å². The van der Waals surface area contributed by atoms with Crippen LogP contribution in [0.25, 0.3) is 22.4 Å². The summed E-state index contributed by atoms with van der Waals surface area (Å²) >= 11 is 0. The summed E-state index contributed by atoms with van der Waals surface area (Å²) in [5.41, 5.74) is 0.355. The van der Waals surface area contributed by atoms with E-state index in [0.29, 0.717) is 29.4 Å². The smallest absolute Gasteiger partial charge is 0.322 e. The van der Waals surface area contributed by atoms with E-state index in [1.54, 1.807) is 24.3 Å². The standard InChI is InChI=1S/C19H13F2N3O4/c1-2-26-14-5-3-4-10-8-15(27-16(10)14)17(25)22-19-24-23-18(28-19)12-7-6-11(20)9-13(12)21/h3-9H,2H2,1H3,(H,22,24,25). The van der Waals surface area contributed by atoms with Crippen molar-refractivity contribution in [2.45, 2.75) is 6.92 Å². The van der Waals surface area contributed by atoms with Gasteiger partial charge >= 0.3 is 6.01 Å². The van der Waals surface area contributed by atoms with Crippen molar-refractivity contribution < 1.29 is 27.1 Å². The van der Waals surface area contributed by atoms with E-state index < -0.39 is 17.5 Å². The normalized spacial score (nSPS) is 11.0. The Labute approximate surface area is 156 Å². The van der Waals surface area contributed by atoms with E-state index in [4.69, 9.17) is 13.6 Å². The minimum absolute atomic E-state index is 0.00914. The highest BCUT2D eigenvalue weighted by atomic mass is 19.1. The first kappa shape index (κ1) is 17.7. The van der Waals surface area contributed by atoms with Crippen molar-refractivity contribution in [3.63, 3.8) is 0 Å². The molecule has 0 fully saturated rings. The summed E-state index contributed by atoms with van der Waals surface area (Å²) in [6.07, 6.45) is 0. The maximum Gasteiger partial charge on any atom is 0.322 e. The summed E-state index contributed by atoms with van der Waals surface area (Å²) in [5.74, 6) is -1.89. The molecule has 0 aliphatic carbocycles. The number of fused-ring (bicyclic) bond motifs is 1. The number of carbonyl (C=O) groups is 1. The molecule has 2 aromatic carbocycles. The molecule has 0 unspecified atom stereocenters. The fourth-order valence-electron chi connectivity index (χ4n) is 2.62. The maximum absolute atomic E-state index is 13.8. The monoisotopic (exact) mass is 385 g/mol. The number of nitrogens with zero attached hydrogens (tertiary/aromatic N) is 2. The molecule has 1 amide bonds. The van der Waals surface area contributed by atoms with Crippen molar-refractivity contribution in [3.05, 3.63) is 59.9 Å². The zero-order valence-corrected chi connectivity index (χ0v) is 14.5. The predicted molar refractivity (Wildman–Crippen MR) is 95.0 cm³/mol. The Balaban J connectivity index is 1.57. The van der Waals surface area contributed by atoms with E-state index in [1.807, 2.05) is 6.92 Å². The molecule has 142 valence electrons. The number of rotatable bonds is 5. The number of ether oxygens (including phenoxy) is 1. The molecule has 0 aliphatic rings. The molecule has 7 nitrogen and oxygen atoms in total. The minimum atomic E-state index is -0.859. The van der Waals surface area contributed by atoms with Gasteiger partial charge in [-0.05, 0) is 31.2 Å². The van der Waals surface area contributed by atoms with E-state index in [1.165, 1.54) is 0 Å². The quantitative estimate of drug-likeness (QED) is 0.547. The van der Waals surface area contributed by atoms with Crippen molar-refractivity contribution in [1.29, 1.82) is 0 Å². The van der Waals surface area contributed by atoms with Crippen LogP contribution in [0, 0.1) is 11.6 Å². The van der Waals surface area contributed by atoms with Gasteiger partial charge in [-0.2, -0.15) is 0 Å². The van der Waals surface area contributed by atoms with Gasteiger partial charge in [0.15, 0.2) is 17.1 Å². The van der Waals surface area contributed by atoms with Crippen molar-refractivity contribution in [3.8, 4) is 17.2 Å². The molecule has 0 saturated carbocycles. The first-order valence-corrected chi connectivity index (χ1v) is 8.31. The molecular formula is C19H13F2N3O4. The van der Waals surface area contributed by atoms with Gasteiger partial charge in [0.25, 0.3) is 11.8 Å². The number of carbonyl (C=O) groups excluding carboxylic acids is 1. The summed E-state index contributed by atoms with van der Waals surface area (Å²) in [7, 11) is 0. The minimum Gasteiger partial charge on any atom is -0.490 e. The molecule has 9 heteroatoms. The summed E-state index contributed by atoms with van der Waals surface area (Å²) in [5, 5.41) is 10.4. The van der Waals surface area contributed by atoms with Crippen LogP contribution >= 0.6 is 0 Å². The number of anilines is 1. The lowest BCUT2D eigenvalue weighted by Gasteiger charge is -2.02. The van der Waals surface area contributed by atoms with Crippen LogP contribution in [0.1, 0.15) is 17.5 Å². The Morgan fingerprint density at radius 3 is 2.79 bits per heavy atom. The van der Waals surface area contributed by atoms with Gasteiger partial charge in [-0.25, -0.2) is 8.78 Å². The first-order valence-electron chi connectivity index (χ1n) is 8.31. The summed E-state index contributed by atoms with van der Waals surface area (Å²) in [4.78, 5) is 12.4. The molecule has 0 saturated heterocycles. The Kier molecular flexibility index (Phi) is 4.48. The average molecular weight is 385 g/mol. The van der Waals surface area contributed by atoms with E-state index >= 15 is 0 Å². The van der Waals surface area contributed by atoms with Crippen LogP contribution in [0.15, 0.2) is 51.3 Å². The van der Waals surface area contributed by atoms with Gasteiger partial charge in [-0.3, -0.25) is 10.1 Å². The second-order valence-electron chi connectivity index (χ2n) is 5.71. The molecule has 2 heterocycles. The third-order valence-electron chi connectivity index (χ3n) is 3.84. The maximum atomic E-state index is 13.8. The molecule has 0 spiro atoms. The lowest BCUT2D eigenvalue weighted by atomic mass is 10.2. The van der Waals surface area contributed by atoms with E-state index in [2.05, 4.69) is 15.5 Å². The fraction of sp³-hybridized carbons (Fsp3) is 0.105. The number of halogens is 2. The third-order valence-corrected chi connectivity index (χ3v) is 3.84. The number of amides is 1. The zero-order valence-electron chi connectivity index (χ0n) is 14.5. The summed E-state index contributed by atoms with van der Waals surface area (Å²) in [6.45, 7) is 2.29. The highest BCUT2D eigenvalue weighted by Gasteiger charge is 2.19. The first-order chi connectivity index (χ1) is 13.5. The van der Waals surface area contributed by atoms with Gasteiger partial charge in [0, 0.05) is 11.5 Å². The molecule has 2 aromatic heterocycles. The summed E-state index contributed by atoms with van der Waals surface area (Å²) < 4.78 is 43.1. The molecule has 0 radical (unpaired) electrons. The number of aromatic nitrogens is 2. The molecule has 4 aromatic rings. The lowest BCUT2D eigenvalue weighted by molar-refractivity contribution is 0.0995. The molecule has 0 bridgehead atoms. The number of hydrogen-bond donors (Lipinski definition) is 1. The highest BCUT2D eigenvalue weighted by molar-refractivity contribution is 6.04. The number of para-hydroxylation sites is 1. The van der Waals surface area contributed by atoms with Crippen LogP contribution in [0.2, 0.25) is 0 Å². The van der Waals surface area contributed by atoms with Crippen molar-refractivity contribution in [2.24, 2.45) is 0 Å². The molecule has 0 atom stereocenters.